The van der Waals surface area contributed by atoms with Crippen molar-refractivity contribution in [2.24, 2.45) is 0 Å². The number of hydrogen-bond donors (Lipinski definition) is 2. The van der Waals surface area contributed by atoms with Crippen LogP contribution in [0.5, 0.6) is 0 Å². The van der Waals surface area contributed by atoms with Crippen LogP contribution >= 0.6 is 0 Å². The smallest absolute Gasteiger partial charge is 0.371 e. The Morgan fingerprint density at radius 2 is 1.92 bits per heavy atom. The molecule has 0 saturated carbocycles. The van der Waals surface area contributed by atoms with Gasteiger partial charge in [0.25, 0.3) is 0 Å². The van der Waals surface area contributed by atoms with Crippen molar-refractivity contribution < 1.29 is 22.8 Å². The number of nitrogens with one attached hydrogen (secondary N) is 2. The van der Waals surface area contributed by atoms with Crippen LogP contribution in [-0.4, -0.2) is 37.1 Å². The summed E-state index contributed by atoms with van der Waals surface area (Å²) in [5, 5.41) is 4.66. The summed E-state index contributed by atoms with van der Waals surface area (Å²) < 4.78 is 36.4. The number of benzene rings is 1. The summed E-state index contributed by atoms with van der Waals surface area (Å²) in [6.45, 7) is 3.26. The number of nitrogens with zero attached hydrogens (tertiary/aromatic N) is 1. The summed E-state index contributed by atoms with van der Waals surface area (Å²) in [6, 6.07) is 6.19. The maximum Gasteiger partial charge on any atom is 0.397 e. The largest absolute Gasteiger partial charge is 0.397 e. The van der Waals surface area contributed by atoms with Gasteiger partial charge in [0.15, 0.2) is 0 Å². The zero-order valence-corrected chi connectivity index (χ0v) is 13.3. The highest BCUT2D eigenvalue weighted by atomic mass is 19.4. The third-order valence-corrected chi connectivity index (χ3v) is 3.72. The number of carbonyl (C=O) groups is 2. The highest BCUT2D eigenvalue weighted by Crippen LogP contribution is 2.23. The van der Waals surface area contributed by atoms with E-state index in [0.717, 1.165) is 31.6 Å². The Hall–Kier alpha value is -2.25. The van der Waals surface area contributed by atoms with Gasteiger partial charge in [-0.25, -0.2) is 0 Å². The van der Waals surface area contributed by atoms with Crippen LogP contribution in [0.25, 0.3) is 0 Å². The van der Waals surface area contributed by atoms with E-state index in [1.54, 1.807) is 12.1 Å². The molecule has 2 rings (SSSR count). The van der Waals surface area contributed by atoms with E-state index in [-0.39, 0.29) is 0 Å². The van der Waals surface area contributed by atoms with Crippen LogP contribution < -0.4 is 15.5 Å². The van der Waals surface area contributed by atoms with Crippen LogP contribution in [-0.2, 0) is 9.59 Å². The number of amides is 2. The van der Waals surface area contributed by atoms with Crippen LogP contribution in [0, 0.1) is 0 Å². The van der Waals surface area contributed by atoms with Gasteiger partial charge in [-0.2, -0.15) is 13.2 Å². The lowest BCUT2D eigenvalue weighted by Crippen LogP contribution is -2.42. The molecule has 2 N–H and O–H groups in total. The van der Waals surface area contributed by atoms with Crippen LogP contribution in [0.2, 0.25) is 0 Å². The number of anilines is 2. The van der Waals surface area contributed by atoms with E-state index in [0.29, 0.717) is 5.69 Å². The van der Waals surface area contributed by atoms with Crippen molar-refractivity contribution in [3.8, 4) is 0 Å². The molecule has 0 unspecified atom stereocenters. The van der Waals surface area contributed by atoms with E-state index in [9.17, 15) is 22.8 Å². The molecule has 0 bridgehead atoms. The molecule has 0 radical (unpaired) electrons. The molecule has 1 heterocycles. The molecule has 24 heavy (non-hydrogen) atoms. The highest BCUT2D eigenvalue weighted by Gasteiger charge is 2.32. The first-order chi connectivity index (χ1) is 11.2. The summed E-state index contributed by atoms with van der Waals surface area (Å²) in [6.07, 6.45) is -3.95. The molecule has 1 saturated heterocycles. The topological polar surface area (TPSA) is 61.4 Å². The number of carbonyl (C=O) groups excluding carboxylic acids is 2. The van der Waals surface area contributed by atoms with Gasteiger partial charge in [0.05, 0.1) is 0 Å². The molecule has 1 fully saturated rings. The fourth-order valence-electron chi connectivity index (χ4n) is 2.55. The summed E-state index contributed by atoms with van der Waals surface area (Å²) in [5.41, 5.74) is 1.53. The number of hydrogen-bond acceptors (Lipinski definition) is 3. The van der Waals surface area contributed by atoms with Crippen LogP contribution in [0.4, 0.5) is 24.5 Å². The molecular weight excluding hydrogens is 323 g/mol. The normalized spacial score (nSPS) is 15.9. The monoisotopic (exact) mass is 343 g/mol. The van der Waals surface area contributed by atoms with E-state index >= 15 is 0 Å². The van der Waals surface area contributed by atoms with Crippen LogP contribution in [0.15, 0.2) is 24.3 Å². The number of halogens is 3. The Labute approximate surface area is 138 Å². The fraction of sp³-hybridized carbons (Fsp3) is 0.500. The summed E-state index contributed by atoms with van der Waals surface area (Å²) in [4.78, 5) is 25.5. The first-order valence-corrected chi connectivity index (χ1v) is 7.76. The Morgan fingerprint density at radius 3 is 2.54 bits per heavy atom. The second-order valence-corrected chi connectivity index (χ2v) is 5.81. The Bertz CT molecular complexity index is 598. The average Bonchev–Trinajstić information content (AvgIpc) is 2.99. The average molecular weight is 343 g/mol. The van der Waals surface area contributed by atoms with E-state index < -0.39 is 30.5 Å². The van der Waals surface area contributed by atoms with Crippen molar-refractivity contribution in [3.63, 3.8) is 0 Å². The second-order valence-electron chi connectivity index (χ2n) is 5.81. The van der Waals surface area contributed by atoms with Crippen molar-refractivity contribution in [1.29, 1.82) is 0 Å². The van der Waals surface area contributed by atoms with Gasteiger partial charge in [0.1, 0.15) is 12.5 Å². The van der Waals surface area contributed by atoms with Gasteiger partial charge in [-0.05, 0) is 38.0 Å². The molecule has 1 atom stereocenters. The molecule has 132 valence electrons. The predicted octanol–water partition coefficient (Wildman–Crippen LogP) is 2.68. The van der Waals surface area contributed by atoms with Gasteiger partial charge in [-0.15, -0.1) is 0 Å². The molecule has 5 nitrogen and oxygen atoms in total. The Kier molecular flexibility index (Phi) is 5.69. The van der Waals surface area contributed by atoms with Crippen molar-refractivity contribution in [2.45, 2.75) is 38.4 Å². The Morgan fingerprint density at radius 1 is 1.25 bits per heavy atom. The molecule has 0 aliphatic carbocycles. The van der Waals surface area contributed by atoms with Crippen molar-refractivity contribution in [1.82, 2.24) is 5.32 Å². The standard InChI is InChI=1S/C16H20F3N3O2/c1-11(20-14(23)10-16(17,18)19)15(24)21-12-5-4-6-13(9-12)22-7-2-3-8-22/h4-6,9,11H,2-3,7-8,10H2,1H3,(H,20,23)(H,21,24)/t11-/m0/s1. The quantitative estimate of drug-likeness (QED) is 0.864. The summed E-state index contributed by atoms with van der Waals surface area (Å²) in [7, 11) is 0. The fourth-order valence-corrected chi connectivity index (χ4v) is 2.55. The summed E-state index contributed by atoms with van der Waals surface area (Å²) >= 11 is 0. The number of alkyl halides is 3. The SMILES string of the molecule is C[C@H](NC(=O)CC(F)(F)F)C(=O)Nc1cccc(N2CCCC2)c1. The maximum atomic E-state index is 12.1. The zero-order valence-electron chi connectivity index (χ0n) is 13.3. The van der Waals surface area contributed by atoms with Gasteiger partial charge in [-0.1, -0.05) is 6.07 Å². The zero-order chi connectivity index (χ0) is 17.7. The minimum absolute atomic E-state index is 0.543. The summed E-state index contributed by atoms with van der Waals surface area (Å²) in [5.74, 6) is -1.79. The van der Waals surface area contributed by atoms with Gasteiger partial charge in [0, 0.05) is 24.5 Å². The third-order valence-electron chi connectivity index (χ3n) is 3.72. The lowest BCUT2D eigenvalue weighted by molar-refractivity contribution is -0.154. The molecule has 2 amide bonds. The highest BCUT2D eigenvalue weighted by molar-refractivity contribution is 5.97. The maximum absolute atomic E-state index is 12.1. The molecule has 1 aromatic carbocycles. The predicted molar refractivity (Wildman–Crippen MR) is 84.8 cm³/mol. The van der Waals surface area contributed by atoms with Gasteiger partial charge in [-0.3, -0.25) is 9.59 Å². The van der Waals surface area contributed by atoms with Crippen LogP contribution in [0.1, 0.15) is 26.2 Å². The van der Waals surface area contributed by atoms with Crippen LogP contribution in [0.3, 0.4) is 0 Å². The second kappa shape index (κ2) is 7.55. The lowest BCUT2D eigenvalue weighted by atomic mass is 10.2. The van der Waals surface area contributed by atoms with E-state index in [4.69, 9.17) is 0 Å². The lowest BCUT2D eigenvalue weighted by Gasteiger charge is -2.19. The first kappa shape index (κ1) is 18.1. The molecule has 0 spiro atoms. The Balaban J connectivity index is 1.91. The van der Waals surface area contributed by atoms with E-state index in [1.165, 1.54) is 6.92 Å². The van der Waals surface area contributed by atoms with Crippen molar-refractivity contribution in [2.75, 3.05) is 23.3 Å². The van der Waals surface area contributed by atoms with Crippen molar-refractivity contribution >= 4 is 23.2 Å². The number of rotatable bonds is 5. The molecule has 1 aliphatic heterocycles. The van der Waals surface area contributed by atoms with Crippen molar-refractivity contribution in [3.05, 3.63) is 24.3 Å². The molecule has 0 aromatic heterocycles. The third kappa shape index (κ3) is 5.43. The molecule has 1 aliphatic rings. The minimum atomic E-state index is -4.59. The first-order valence-electron chi connectivity index (χ1n) is 7.76. The van der Waals surface area contributed by atoms with E-state index in [1.807, 2.05) is 17.4 Å². The van der Waals surface area contributed by atoms with Gasteiger partial charge >= 0.3 is 6.18 Å². The molecule has 8 heteroatoms. The molecule has 1 aromatic rings. The van der Waals surface area contributed by atoms with Gasteiger partial charge < -0.3 is 15.5 Å². The van der Waals surface area contributed by atoms with Gasteiger partial charge in [0.2, 0.25) is 11.8 Å². The minimum Gasteiger partial charge on any atom is -0.371 e. The van der Waals surface area contributed by atoms with E-state index in [2.05, 4.69) is 10.2 Å². The molecular formula is C16H20F3N3O2.